The molecule has 1 saturated heterocycles. The first-order valence-corrected chi connectivity index (χ1v) is 10.3. The molecular weight excluding hydrogens is 498 g/mol. The third-order valence-electron chi connectivity index (χ3n) is 3.76. The van der Waals surface area contributed by atoms with Crippen molar-refractivity contribution in [2.45, 2.75) is 6.42 Å². The van der Waals surface area contributed by atoms with Crippen molar-refractivity contribution in [1.29, 1.82) is 0 Å². The van der Waals surface area contributed by atoms with Crippen LogP contribution in [0.4, 0.5) is 10.1 Å². The van der Waals surface area contributed by atoms with Crippen molar-refractivity contribution in [3.8, 4) is 0 Å². The molecule has 3 rings (SSSR count). The van der Waals surface area contributed by atoms with E-state index in [1.807, 2.05) is 24.3 Å². The maximum atomic E-state index is 13.8. The molecule has 1 N–H and O–H groups in total. The van der Waals surface area contributed by atoms with Crippen molar-refractivity contribution in [2.24, 2.45) is 0 Å². The fourth-order valence-corrected chi connectivity index (χ4v) is 4.06. The monoisotopic (exact) mass is 512 g/mol. The molecule has 0 spiro atoms. The van der Waals surface area contributed by atoms with Crippen LogP contribution in [0.1, 0.15) is 12.0 Å². The predicted molar refractivity (Wildman–Crippen MR) is 119 cm³/mol. The number of thioether (sulfide) groups is 1. The molecule has 1 fully saturated rings. The highest BCUT2D eigenvalue weighted by Crippen LogP contribution is 2.33. The summed E-state index contributed by atoms with van der Waals surface area (Å²) < 4.78 is 15.2. The normalized spacial score (nSPS) is 15.5. The molecule has 0 saturated carbocycles. The molecule has 8 heteroatoms. The van der Waals surface area contributed by atoms with Crippen LogP contribution in [0.3, 0.4) is 0 Å². The van der Waals surface area contributed by atoms with Gasteiger partial charge in [0.1, 0.15) is 10.1 Å². The third-order valence-corrected chi connectivity index (χ3v) is 5.85. The molecule has 0 unspecified atom stereocenters. The second kappa shape index (κ2) is 8.94. The summed E-state index contributed by atoms with van der Waals surface area (Å²) in [6.07, 6.45) is 1.60. The van der Waals surface area contributed by atoms with Gasteiger partial charge in [0.25, 0.3) is 5.91 Å². The minimum absolute atomic E-state index is 0.116. The van der Waals surface area contributed by atoms with Crippen LogP contribution in [-0.4, -0.2) is 27.6 Å². The lowest BCUT2D eigenvalue weighted by Crippen LogP contribution is -2.31. The van der Waals surface area contributed by atoms with Gasteiger partial charge in [0.15, 0.2) is 0 Å². The van der Waals surface area contributed by atoms with Gasteiger partial charge in [-0.15, -0.1) is 0 Å². The van der Waals surface area contributed by atoms with Crippen molar-refractivity contribution >= 4 is 74.5 Å². The van der Waals surface area contributed by atoms with Crippen molar-refractivity contribution in [1.82, 2.24) is 4.90 Å². The molecule has 0 aromatic heterocycles. The molecule has 0 bridgehead atoms. The Labute approximate surface area is 179 Å². The van der Waals surface area contributed by atoms with Gasteiger partial charge in [-0.3, -0.25) is 14.5 Å². The SMILES string of the molecule is O=C(CCN1C(=O)/C(=C/c2ccccc2F)SC1=S)Nc1ccc(I)cc1. The lowest BCUT2D eigenvalue weighted by Gasteiger charge is -2.14. The van der Waals surface area contributed by atoms with E-state index in [1.165, 1.54) is 17.0 Å². The molecule has 2 aromatic carbocycles. The average Bonchev–Trinajstić information content (AvgIpc) is 2.90. The minimum atomic E-state index is -0.403. The Morgan fingerprint density at radius 3 is 2.63 bits per heavy atom. The fourth-order valence-electron chi connectivity index (χ4n) is 2.40. The summed E-state index contributed by atoms with van der Waals surface area (Å²) in [6.45, 7) is 0.176. The molecule has 1 aliphatic heterocycles. The largest absolute Gasteiger partial charge is 0.326 e. The van der Waals surface area contributed by atoms with Gasteiger partial charge >= 0.3 is 0 Å². The zero-order chi connectivity index (χ0) is 19.4. The summed E-state index contributed by atoms with van der Waals surface area (Å²) in [5.74, 6) is -0.918. The van der Waals surface area contributed by atoms with E-state index in [0.717, 1.165) is 15.3 Å². The van der Waals surface area contributed by atoms with E-state index in [9.17, 15) is 14.0 Å². The highest BCUT2D eigenvalue weighted by Gasteiger charge is 2.32. The first kappa shape index (κ1) is 20.0. The number of nitrogens with one attached hydrogen (secondary N) is 1. The first-order chi connectivity index (χ1) is 12.9. The molecule has 4 nitrogen and oxygen atoms in total. The van der Waals surface area contributed by atoms with Gasteiger partial charge in [0.2, 0.25) is 5.91 Å². The second-order valence-electron chi connectivity index (χ2n) is 5.66. The van der Waals surface area contributed by atoms with E-state index >= 15 is 0 Å². The number of thiocarbonyl (C=S) groups is 1. The topological polar surface area (TPSA) is 49.4 Å². The van der Waals surface area contributed by atoms with Crippen LogP contribution < -0.4 is 5.32 Å². The number of carbonyl (C=O) groups excluding carboxylic acids is 2. The molecule has 2 aromatic rings. The van der Waals surface area contributed by atoms with Crippen LogP contribution in [0.5, 0.6) is 0 Å². The Hall–Kier alpha value is -1.78. The molecule has 138 valence electrons. The summed E-state index contributed by atoms with van der Waals surface area (Å²) in [5.41, 5.74) is 1.03. The Morgan fingerprint density at radius 1 is 1.22 bits per heavy atom. The Kier molecular flexibility index (Phi) is 6.61. The lowest BCUT2D eigenvalue weighted by molar-refractivity contribution is -0.122. The molecule has 27 heavy (non-hydrogen) atoms. The summed E-state index contributed by atoms with van der Waals surface area (Å²) in [4.78, 5) is 26.4. The standard InChI is InChI=1S/C19H14FIN2O2S2/c20-15-4-2-1-3-12(15)11-16-18(25)23(19(26)27-16)10-9-17(24)22-14-7-5-13(21)6-8-14/h1-8,11H,9-10H2,(H,22,24)/b16-11-. The van der Waals surface area contributed by atoms with Gasteiger partial charge in [-0.25, -0.2) is 4.39 Å². The molecular formula is C19H14FIN2O2S2. The number of carbonyl (C=O) groups is 2. The van der Waals surface area contributed by atoms with E-state index in [1.54, 1.807) is 18.2 Å². The highest BCUT2D eigenvalue weighted by molar-refractivity contribution is 14.1. The van der Waals surface area contributed by atoms with Crippen molar-refractivity contribution in [3.05, 3.63) is 68.4 Å². The number of benzene rings is 2. The number of nitrogens with zero attached hydrogens (tertiary/aromatic N) is 1. The van der Waals surface area contributed by atoms with Gasteiger partial charge in [-0.1, -0.05) is 42.2 Å². The maximum Gasteiger partial charge on any atom is 0.266 e. The van der Waals surface area contributed by atoms with Crippen LogP contribution >= 0.6 is 46.6 Å². The summed E-state index contributed by atoms with van der Waals surface area (Å²) in [5, 5.41) is 2.79. The van der Waals surface area contributed by atoms with Gasteiger partial charge in [0, 0.05) is 27.8 Å². The van der Waals surface area contributed by atoms with Crippen molar-refractivity contribution in [2.75, 3.05) is 11.9 Å². The summed E-state index contributed by atoms with van der Waals surface area (Å²) >= 11 is 8.54. The molecule has 1 heterocycles. The molecule has 0 atom stereocenters. The van der Waals surface area contributed by atoms with E-state index in [-0.39, 0.29) is 24.8 Å². The number of hydrogen-bond donors (Lipinski definition) is 1. The number of halogens is 2. The average molecular weight is 512 g/mol. The van der Waals surface area contributed by atoms with Gasteiger partial charge < -0.3 is 5.32 Å². The van der Waals surface area contributed by atoms with Gasteiger partial charge in [-0.05, 0) is 59.0 Å². The van der Waals surface area contributed by atoms with Crippen LogP contribution in [0.25, 0.3) is 6.08 Å². The first-order valence-electron chi connectivity index (χ1n) is 7.99. The number of anilines is 1. The predicted octanol–water partition coefficient (Wildman–Crippen LogP) is 4.66. The van der Waals surface area contributed by atoms with Crippen molar-refractivity contribution < 1.29 is 14.0 Å². The van der Waals surface area contributed by atoms with Gasteiger partial charge in [-0.2, -0.15) is 0 Å². The smallest absolute Gasteiger partial charge is 0.266 e. The lowest BCUT2D eigenvalue weighted by atomic mass is 10.2. The van der Waals surface area contributed by atoms with E-state index < -0.39 is 5.82 Å². The minimum Gasteiger partial charge on any atom is -0.326 e. The van der Waals surface area contributed by atoms with Crippen molar-refractivity contribution in [3.63, 3.8) is 0 Å². The number of rotatable bonds is 5. The molecule has 1 aliphatic rings. The zero-order valence-electron chi connectivity index (χ0n) is 13.9. The number of hydrogen-bond acceptors (Lipinski definition) is 4. The fraction of sp³-hybridized carbons (Fsp3) is 0.105. The quantitative estimate of drug-likeness (QED) is 0.360. The molecule has 0 radical (unpaired) electrons. The molecule has 2 amide bonds. The summed E-state index contributed by atoms with van der Waals surface area (Å²) in [7, 11) is 0. The van der Waals surface area contributed by atoms with Crippen LogP contribution in [0.2, 0.25) is 0 Å². The van der Waals surface area contributed by atoms with Crippen LogP contribution in [0.15, 0.2) is 53.4 Å². The second-order valence-corrected chi connectivity index (χ2v) is 8.58. The highest BCUT2D eigenvalue weighted by atomic mass is 127. The van der Waals surface area contributed by atoms with E-state index in [2.05, 4.69) is 27.9 Å². The Bertz CT molecular complexity index is 932. The van der Waals surface area contributed by atoms with E-state index in [4.69, 9.17) is 12.2 Å². The third kappa shape index (κ3) is 5.14. The maximum absolute atomic E-state index is 13.8. The zero-order valence-corrected chi connectivity index (χ0v) is 17.7. The summed E-state index contributed by atoms with van der Waals surface area (Å²) in [6, 6.07) is 13.6. The number of amides is 2. The van der Waals surface area contributed by atoms with Crippen LogP contribution in [0, 0.1) is 9.39 Å². The Morgan fingerprint density at radius 2 is 1.93 bits per heavy atom. The van der Waals surface area contributed by atoms with Crippen LogP contribution in [-0.2, 0) is 9.59 Å². The molecule has 0 aliphatic carbocycles. The van der Waals surface area contributed by atoms with Gasteiger partial charge in [0.05, 0.1) is 4.91 Å². The Balaban J connectivity index is 1.61. The van der Waals surface area contributed by atoms with E-state index in [0.29, 0.717) is 20.5 Å².